The van der Waals surface area contributed by atoms with Crippen molar-refractivity contribution in [1.29, 1.82) is 0 Å². The van der Waals surface area contributed by atoms with Gasteiger partial charge in [0.05, 0.1) is 0 Å². The van der Waals surface area contributed by atoms with E-state index in [4.69, 9.17) is 0 Å². The van der Waals surface area contributed by atoms with E-state index in [0.717, 1.165) is 25.7 Å². The van der Waals surface area contributed by atoms with Crippen LogP contribution in [0, 0.1) is 11.8 Å². The van der Waals surface area contributed by atoms with Crippen LogP contribution in [0.5, 0.6) is 0 Å². The van der Waals surface area contributed by atoms with Crippen molar-refractivity contribution in [1.82, 2.24) is 5.32 Å². The minimum absolute atomic E-state index is 0.0718. The highest BCUT2D eigenvalue weighted by atomic mass is 16.4. The SMILES string of the molecule is CC(NC(=O)C1CC=CC1)(C(=O)O)C1CC1. The number of carboxylic acids is 1. The lowest BCUT2D eigenvalue weighted by molar-refractivity contribution is -0.148. The Morgan fingerprint density at radius 1 is 1.31 bits per heavy atom. The molecule has 0 aromatic rings. The Balaban J connectivity index is 2.00. The topological polar surface area (TPSA) is 66.4 Å². The zero-order valence-corrected chi connectivity index (χ0v) is 9.40. The van der Waals surface area contributed by atoms with Crippen molar-refractivity contribution >= 4 is 11.9 Å². The molecule has 2 N–H and O–H groups in total. The molecule has 0 aromatic carbocycles. The van der Waals surface area contributed by atoms with E-state index in [9.17, 15) is 14.7 Å². The maximum absolute atomic E-state index is 11.9. The molecule has 16 heavy (non-hydrogen) atoms. The Kier molecular flexibility index (Phi) is 2.74. The van der Waals surface area contributed by atoms with Crippen molar-refractivity contribution in [3.8, 4) is 0 Å². The molecule has 0 saturated heterocycles. The molecule has 1 amide bonds. The zero-order valence-electron chi connectivity index (χ0n) is 9.40. The van der Waals surface area contributed by atoms with Crippen LogP contribution in [0.3, 0.4) is 0 Å². The number of carbonyl (C=O) groups excluding carboxylic acids is 1. The standard InChI is InChI=1S/C12H17NO3/c1-12(11(15)16,9-6-7-9)13-10(14)8-4-2-3-5-8/h2-3,8-9H,4-7H2,1H3,(H,13,14)(H,15,16). The fourth-order valence-corrected chi connectivity index (χ4v) is 2.18. The Morgan fingerprint density at radius 2 is 1.88 bits per heavy atom. The highest BCUT2D eigenvalue weighted by molar-refractivity contribution is 5.88. The van der Waals surface area contributed by atoms with Gasteiger partial charge < -0.3 is 10.4 Å². The van der Waals surface area contributed by atoms with Gasteiger partial charge in [-0.3, -0.25) is 4.79 Å². The van der Waals surface area contributed by atoms with Crippen LogP contribution in [0.25, 0.3) is 0 Å². The summed E-state index contributed by atoms with van der Waals surface area (Å²) in [6.45, 7) is 1.62. The minimum Gasteiger partial charge on any atom is -0.480 e. The predicted molar refractivity (Wildman–Crippen MR) is 58.8 cm³/mol. The van der Waals surface area contributed by atoms with Crippen LogP contribution >= 0.6 is 0 Å². The van der Waals surface area contributed by atoms with Crippen molar-refractivity contribution < 1.29 is 14.7 Å². The summed E-state index contributed by atoms with van der Waals surface area (Å²) in [4.78, 5) is 23.1. The molecule has 0 spiro atoms. The van der Waals surface area contributed by atoms with Crippen LogP contribution in [0.15, 0.2) is 12.2 Å². The van der Waals surface area contributed by atoms with E-state index in [0.29, 0.717) is 0 Å². The second-order valence-corrected chi connectivity index (χ2v) is 4.91. The highest BCUT2D eigenvalue weighted by Crippen LogP contribution is 2.40. The third-order valence-electron chi connectivity index (χ3n) is 3.60. The van der Waals surface area contributed by atoms with E-state index in [2.05, 4.69) is 5.32 Å². The van der Waals surface area contributed by atoms with Crippen molar-refractivity contribution in [2.75, 3.05) is 0 Å². The molecule has 0 aliphatic heterocycles. The average molecular weight is 223 g/mol. The molecule has 0 heterocycles. The van der Waals surface area contributed by atoms with Crippen molar-refractivity contribution in [2.24, 2.45) is 11.8 Å². The Hall–Kier alpha value is -1.32. The molecule has 88 valence electrons. The molecule has 1 atom stereocenters. The van der Waals surface area contributed by atoms with Gasteiger partial charge in [0.15, 0.2) is 0 Å². The molecule has 4 nitrogen and oxygen atoms in total. The lowest BCUT2D eigenvalue weighted by atomic mass is 9.94. The molecular formula is C12H17NO3. The van der Waals surface area contributed by atoms with Gasteiger partial charge in [0.1, 0.15) is 5.54 Å². The quantitative estimate of drug-likeness (QED) is 0.706. The Bertz CT molecular complexity index is 338. The van der Waals surface area contributed by atoms with Gasteiger partial charge in [-0.2, -0.15) is 0 Å². The lowest BCUT2D eigenvalue weighted by Gasteiger charge is -2.27. The summed E-state index contributed by atoms with van der Waals surface area (Å²) in [6, 6.07) is 0. The smallest absolute Gasteiger partial charge is 0.329 e. The molecule has 1 unspecified atom stereocenters. The van der Waals surface area contributed by atoms with E-state index in [1.54, 1.807) is 6.92 Å². The van der Waals surface area contributed by atoms with Gasteiger partial charge in [-0.25, -0.2) is 4.79 Å². The molecule has 2 aliphatic rings. The van der Waals surface area contributed by atoms with E-state index in [1.165, 1.54) is 0 Å². The van der Waals surface area contributed by atoms with Crippen molar-refractivity contribution in [2.45, 2.75) is 38.1 Å². The number of allylic oxidation sites excluding steroid dienone is 2. The molecule has 0 aromatic heterocycles. The summed E-state index contributed by atoms with van der Waals surface area (Å²) in [6.07, 6.45) is 7.19. The number of aliphatic carboxylic acids is 1. The largest absolute Gasteiger partial charge is 0.480 e. The third-order valence-corrected chi connectivity index (χ3v) is 3.60. The lowest BCUT2D eigenvalue weighted by Crippen LogP contribution is -2.55. The van der Waals surface area contributed by atoms with Gasteiger partial charge in [-0.1, -0.05) is 12.2 Å². The van der Waals surface area contributed by atoms with Gasteiger partial charge in [-0.15, -0.1) is 0 Å². The van der Waals surface area contributed by atoms with Crippen LogP contribution in [0.2, 0.25) is 0 Å². The summed E-state index contributed by atoms with van der Waals surface area (Å²) in [7, 11) is 0. The number of rotatable bonds is 4. The van der Waals surface area contributed by atoms with Crippen molar-refractivity contribution in [3.05, 3.63) is 12.2 Å². The van der Waals surface area contributed by atoms with E-state index >= 15 is 0 Å². The first-order valence-corrected chi connectivity index (χ1v) is 5.74. The molecule has 1 saturated carbocycles. The second kappa shape index (κ2) is 3.92. The Labute approximate surface area is 94.7 Å². The van der Waals surface area contributed by atoms with Crippen LogP contribution in [-0.4, -0.2) is 22.5 Å². The van der Waals surface area contributed by atoms with Gasteiger partial charge in [0.25, 0.3) is 0 Å². The molecule has 2 rings (SSSR count). The third kappa shape index (κ3) is 1.96. The summed E-state index contributed by atoms with van der Waals surface area (Å²) >= 11 is 0. The maximum Gasteiger partial charge on any atom is 0.329 e. The number of nitrogens with one attached hydrogen (secondary N) is 1. The summed E-state index contributed by atoms with van der Waals surface area (Å²) in [5.41, 5.74) is -1.07. The number of hydrogen-bond acceptors (Lipinski definition) is 2. The summed E-state index contributed by atoms with van der Waals surface area (Å²) in [5, 5.41) is 11.9. The first-order chi connectivity index (χ1) is 7.54. The minimum atomic E-state index is -1.07. The fourth-order valence-electron chi connectivity index (χ4n) is 2.18. The highest BCUT2D eigenvalue weighted by Gasteiger charge is 2.49. The second-order valence-electron chi connectivity index (χ2n) is 4.91. The first-order valence-electron chi connectivity index (χ1n) is 5.74. The monoisotopic (exact) mass is 223 g/mol. The number of carbonyl (C=O) groups is 2. The molecule has 2 aliphatic carbocycles. The van der Waals surface area contributed by atoms with Gasteiger partial charge in [0.2, 0.25) is 5.91 Å². The molecule has 0 bridgehead atoms. The normalized spacial score (nSPS) is 24.1. The van der Waals surface area contributed by atoms with Gasteiger partial charge >= 0.3 is 5.97 Å². The maximum atomic E-state index is 11.9. The van der Waals surface area contributed by atoms with E-state index in [-0.39, 0.29) is 17.7 Å². The number of hydrogen-bond donors (Lipinski definition) is 2. The molecule has 4 heteroatoms. The van der Waals surface area contributed by atoms with Gasteiger partial charge in [0, 0.05) is 5.92 Å². The molecule has 0 radical (unpaired) electrons. The molecule has 1 fully saturated rings. The van der Waals surface area contributed by atoms with Crippen LogP contribution < -0.4 is 5.32 Å². The van der Waals surface area contributed by atoms with Gasteiger partial charge in [-0.05, 0) is 38.5 Å². The van der Waals surface area contributed by atoms with Crippen molar-refractivity contribution in [3.63, 3.8) is 0 Å². The van der Waals surface area contributed by atoms with Crippen LogP contribution in [-0.2, 0) is 9.59 Å². The molecular weight excluding hydrogens is 206 g/mol. The first kappa shape index (κ1) is 11.2. The summed E-state index contributed by atoms with van der Waals surface area (Å²) < 4.78 is 0. The van der Waals surface area contributed by atoms with E-state index < -0.39 is 11.5 Å². The van der Waals surface area contributed by atoms with Crippen LogP contribution in [0.1, 0.15) is 32.6 Å². The van der Waals surface area contributed by atoms with E-state index in [1.807, 2.05) is 12.2 Å². The number of carboxylic acid groups (broad SMARTS) is 1. The predicted octanol–water partition coefficient (Wildman–Crippen LogP) is 1.32. The summed E-state index contributed by atoms with van der Waals surface area (Å²) in [5.74, 6) is -1.02. The Morgan fingerprint density at radius 3 is 2.31 bits per heavy atom. The number of amides is 1. The fraction of sp³-hybridized carbons (Fsp3) is 0.667. The average Bonchev–Trinajstić information content (AvgIpc) is 2.94. The van der Waals surface area contributed by atoms with Crippen LogP contribution in [0.4, 0.5) is 0 Å². The zero-order chi connectivity index (χ0) is 11.8.